The second-order valence-corrected chi connectivity index (χ2v) is 6.78. The van der Waals surface area contributed by atoms with E-state index < -0.39 is 11.2 Å². The number of carbonyl (C=O) groups is 1. The number of aromatic nitrogens is 2. The monoisotopic (exact) mass is 348 g/mol. The lowest BCUT2D eigenvalue weighted by Crippen LogP contribution is -2.44. The molecule has 2 heterocycles. The summed E-state index contributed by atoms with van der Waals surface area (Å²) < 4.78 is 16.4. The molecule has 130 valence electrons. The van der Waals surface area contributed by atoms with Crippen LogP contribution >= 0.6 is 0 Å². The maximum Gasteiger partial charge on any atom is 0.250 e. The first kappa shape index (κ1) is 16.8. The topological polar surface area (TPSA) is 72.9 Å². The van der Waals surface area contributed by atoms with E-state index >= 15 is 0 Å². The zero-order valence-corrected chi connectivity index (χ0v) is 14.2. The standard InChI is InChI=1S/C19H18BFN4O/c20-19(7-2-8-23-11-19)15-6-5-13(9-16(15)21)25-10-12-3-1-4-14(18(22)26)17(12)24-25/h1,3-6,9-10,23H,2,7-8,11H2,(H2,22,26)/t19-/m0/s1. The Labute approximate surface area is 151 Å². The predicted molar refractivity (Wildman–Crippen MR) is 99.1 cm³/mol. The van der Waals surface area contributed by atoms with Crippen LogP contribution in [0.5, 0.6) is 0 Å². The molecule has 3 N–H and O–H groups in total. The third-order valence-corrected chi connectivity index (χ3v) is 4.97. The summed E-state index contributed by atoms with van der Waals surface area (Å²) in [5.41, 5.74) is 7.30. The first-order valence-electron chi connectivity index (χ1n) is 8.56. The minimum absolute atomic E-state index is 0.340. The minimum Gasteiger partial charge on any atom is -0.366 e. The summed E-state index contributed by atoms with van der Waals surface area (Å²) in [6, 6.07) is 10.1. The van der Waals surface area contributed by atoms with Crippen molar-refractivity contribution in [3.63, 3.8) is 0 Å². The van der Waals surface area contributed by atoms with E-state index in [9.17, 15) is 9.18 Å². The molecule has 1 aromatic heterocycles. The number of halogens is 1. The molecule has 1 amide bonds. The van der Waals surface area contributed by atoms with Crippen LogP contribution in [0.3, 0.4) is 0 Å². The normalized spacial score (nSPS) is 20.3. The molecule has 0 unspecified atom stereocenters. The highest BCUT2D eigenvalue weighted by Gasteiger charge is 2.30. The maximum absolute atomic E-state index is 14.8. The van der Waals surface area contributed by atoms with Crippen molar-refractivity contribution in [2.24, 2.45) is 5.73 Å². The van der Waals surface area contributed by atoms with Crippen LogP contribution in [0.25, 0.3) is 16.6 Å². The van der Waals surface area contributed by atoms with Crippen molar-refractivity contribution in [2.75, 3.05) is 13.1 Å². The van der Waals surface area contributed by atoms with Crippen molar-refractivity contribution in [1.29, 1.82) is 0 Å². The number of fused-ring (bicyclic) bond motifs is 1. The molecule has 0 saturated carbocycles. The SMILES string of the molecule is [B][C@@]1(c2ccc(-n3cc4cccc(C(N)=O)c4n3)cc2F)CCCNC1. The average Bonchev–Trinajstić information content (AvgIpc) is 3.06. The summed E-state index contributed by atoms with van der Waals surface area (Å²) in [5, 5.41) is 7.70. The lowest BCUT2D eigenvalue weighted by Gasteiger charge is -2.35. The highest BCUT2D eigenvalue weighted by atomic mass is 19.1. The van der Waals surface area contributed by atoms with Gasteiger partial charge in [0.15, 0.2) is 0 Å². The number of primary amides is 1. The predicted octanol–water partition coefficient (Wildman–Crippen LogP) is 2.01. The molecule has 0 bridgehead atoms. The zero-order valence-electron chi connectivity index (χ0n) is 14.2. The molecule has 4 rings (SSSR count). The zero-order chi connectivity index (χ0) is 18.3. The molecule has 5 nitrogen and oxygen atoms in total. The second-order valence-electron chi connectivity index (χ2n) is 6.78. The number of hydrogen-bond donors (Lipinski definition) is 2. The molecule has 1 atom stereocenters. The molecule has 1 saturated heterocycles. The lowest BCUT2D eigenvalue weighted by atomic mass is 9.60. The Morgan fingerprint density at radius 2 is 2.19 bits per heavy atom. The molecular formula is C19H18BFN4O. The fourth-order valence-electron chi connectivity index (χ4n) is 3.59. The summed E-state index contributed by atoms with van der Waals surface area (Å²) in [7, 11) is 6.41. The van der Waals surface area contributed by atoms with Crippen molar-refractivity contribution in [2.45, 2.75) is 18.2 Å². The molecule has 1 aliphatic rings. The molecule has 2 radical (unpaired) electrons. The highest BCUT2D eigenvalue weighted by Crippen LogP contribution is 2.31. The average molecular weight is 348 g/mol. The molecule has 1 fully saturated rings. The van der Waals surface area contributed by atoms with E-state index in [1.54, 1.807) is 35.1 Å². The lowest BCUT2D eigenvalue weighted by molar-refractivity contribution is 0.100. The molecule has 1 aliphatic heterocycles. The van der Waals surface area contributed by atoms with Crippen LogP contribution < -0.4 is 11.1 Å². The second kappa shape index (κ2) is 6.25. The molecule has 0 aliphatic carbocycles. The highest BCUT2D eigenvalue weighted by molar-refractivity contribution is 6.16. The van der Waals surface area contributed by atoms with E-state index in [0.29, 0.717) is 28.9 Å². The van der Waals surface area contributed by atoms with Gasteiger partial charge in [-0.2, -0.15) is 5.10 Å². The van der Waals surface area contributed by atoms with Crippen molar-refractivity contribution < 1.29 is 9.18 Å². The van der Waals surface area contributed by atoms with E-state index in [-0.39, 0.29) is 5.82 Å². The largest absolute Gasteiger partial charge is 0.366 e. The van der Waals surface area contributed by atoms with Gasteiger partial charge in [0, 0.05) is 11.6 Å². The summed E-state index contributed by atoms with van der Waals surface area (Å²) in [6.45, 7) is 1.46. The Bertz CT molecular complexity index is 994. The molecular weight excluding hydrogens is 330 g/mol. The van der Waals surface area contributed by atoms with E-state index in [4.69, 9.17) is 13.6 Å². The Morgan fingerprint density at radius 3 is 2.88 bits per heavy atom. The summed E-state index contributed by atoms with van der Waals surface area (Å²) in [4.78, 5) is 11.6. The van der Waals surface area contributed by atoms with E-state index in [0.717, 1.165) is 24.8 Å². The van der Waals surface area contributed by atoms with Gasteiger partial charge in [-0.25, -0.2) is 9.07 Å². The van der Waals surface area contributed by atoms with Gasteiger partial charge in [0.25, 0.3) is 5.91 Å². The summed E-state index contributed by atoms with van der Waals surface area (Å²) in [5.74, 6) is -0.902. The van der Waals surface area contributed by atoms with Gasteiger partial charge in [-0.15, -0.1) is 0 Å². The number of nitrogens with one attached hydrogen (secondary N) is 1. The van der Waals surface area contributed by atoms with Crippen LogP contribution in [0.4, 0.5) is 4.39 Å². The molecule has 0 spiro atoms. The van der Waals surface area contributed by atoms with Crippen molar-refractivity contribution in [3.05, 3.63) is 59.5 Å². The number of nitrogens with two attached hydrogens (primary N) is 1. The first-order chi connectivity index (χ1) is 12.5. The Balaban J connectivity index is 1.75. The summed E-state index contributed by atoms with van der Waals surface area (Å²) in [6.07, 6.45) is 3.40. The van der Waals surface area contributed by atoms with Crippen LogP contribution in [0, 0.1) is 5.82 Å². The summed E-state index contributed by atoms with van der Waals surface area (Å²) >= 11 is 0. The van der Waals surface area contributed by atoms with Gasteiger partial charge in [-0.3, -0.25) is 4.79 Å². The van der Waals surface area contributed by atoms with Gasteiger partial charge in [-0.1, -0.05) is 18.2 Å². The third-order valence-electron chi connectivity index (χ3n) is 4.97. The molecule has 7 heteroatoms. The number of carbonyl (C=O) groups excluding carboxylic acids is 1. The van der Waals surface area contributed by atoms with Crippen LogP contribution in [-0.4, -0.2) is 36.6 Å². The number of hydrogen-bond acceptors (Lipinski definition) is 3. The van der Waals surface area contributed by atoms with Crippen molar-refractivity contribution >= 4 is 24.7 Å². The number of nitrogens with zero attached hydrogens (tertiary/aromatic N) is 2. The fraction of sp³-hybridized carbons (Fsp3) is 0.263. The van der Waals surface area contributed by atoms with Gasteiger partial charge in [0.05, 0.1) is 19.1 Å². The molecule has 2 aromatic carbocycles. The Kier molecular flexibility index (Phi) is 4.03. The van der Waals surface area contributed by atoms with Crippen molar-refractivity contribution in [1.82, 2.24) is 15.1 Å². The quantitative estimate of drug-likeness (QED) is 0.712. The van der Waals surface area contributed by atoms with Gasteiger partial charge >= 0.3 is 0 Å². The number of benzene rings is 2. The van der Waals surface area contributed by atoms with Gasteiger partial charge in [0.2, 0.25) is 0 Å². The van der Waals surface area contributed by atoms with Gasteiger partial charge in [0.1, 0.15) is 11.3 Å². The van der Waals surface area contributed by atoms with E-state index in [2.05, 4.69) is 10.4 Å². The number of piperidine rings is 1. The van der Waals surface area contributed by atoms with E-state index in [1.165, 1.54) is 6.07 Å². The minimum atomic E-state index is -0.700. The fourth-order valence-corrected chi connectivity index (χ4v) is 3.59. The maximum atomic E-state index is 14.8. The Morgan fingerprint density at radius 1 is 1.35 bits per heavy atom. The van der Waals surface area contributed by atoms with E-state index in [1.807, 2.05) is 6.07 Å². The smallest absolute Gasteiger partial charge is 0.250 e. The van der Waals surface area contributed by atoms with Gasteiger partial charge in [-0.05, 0) is 55.0 Å². The van der Waals surface area contributed by atoms with Crippen LogP contribution in [-0.2, 0) is 5.31 Å². The number of rotatable bonds is 3. The van der Waals surface area contributed by atoms with Crippen molar-refractivity contribution in [3.8, 4) is 5.69 Å². The third kappa shape index (κ3) is 2.78. The van der Waals surface area contributed by atoms with Crippen LogP contribution in [0.1, 0.15) is 28.8 Å². The first-order valence-corrected chi connectivity index (χ1v) is 8.56. The van der Waals surface area contributed by atoms with Crippen LogP contribution in [0.15, 0.2) is 42.6 Å². The van der Waals surface area contributed by atoms with Gasteiger partial charge < -0.3 is 11.1 Å². The number of amides is 1. The molecule has 3 aromatic rings. The Hall–Kier alpha value is -2.67. The van der Waals surface area contributed by atoms with Crippen LogP contribution in [0.2, 0.25) is 0 Å². The molecule has 26 heavy (non-hydrogen) atoms.